The first-order valence-corrected chi connectivity index (χ1v) is 9.36. The Kier molecular flexibility index (Phi) is 6.34. The molecule has 0 aliphatic rings. The molecule has 2 aromatic carbocycles. The second-order valence-corrected chi connectivity index (χ2v) is 6.85. The van der Waals surface area contributed by atoms with Crippen LogP contribution in [0.4, 0.5) is 17.2 Å². The van der Waals surface area contributed by atoms with E-state index in [-0.39, 0.29) is 5.91 Å². The maximum atomic E-state index is 12.6. The molecule has 0 aliphatic carbocycles. The number of carbonyl (C=O) groups excluding carboxylic acids is 1. The highest BCUT2D eigenvalue weighted by atomic mass is 16.5. The fraction of sp³-hybridized carbons (Fsp3) is 0.217. The third kappa shape index (κ3) is 5.04. The molecule has 6 heteroatoms. The number of ether oxygens (including phenoxy) is 2. The zero-order chi connectivity index (χ0) is 20.8. The Balaban J connectivity index is 1.74. The predicted molar refractivity (Wildman–Crippen MR) is 116 cm³/mol. The highest BCUT2D eigenvalue weighted by Gasteiger charge is 2.10. The lowest BCUT2D eigenvalue weighted by molar-refractivity contribution is 0.102. The SMILES string of the molecule is COc1ccc(Nc2cc(C(=O)Nc3ccc(C(C)C)cc3)ccn2)c(OC)c1. The van der Waals surface area contributed by atoms with Crippen molar-refractivity contribution in [2.75, 3.05) is 24.9 Å². The third-order valence-electron chi connectivity index (χ3n) is 4.53. The van der Waals surface area contributed by atoms with Gasteiger partial charge in [-0.15, -0.1) is 0 Å². The molecule has 0 saturated carbocycles. The van der Waals surface area contributed by atoms with Gasteiger partial charge in [-0.1, -0.05) is 26.0 Å². The number of hydrogen-bond acceptors (Lipinski definition) is 5. The summed E-state index contributed by atoms with van der Waals surface area (Å²) in [5.74, 6) is 2.09. The minimum absolute atomic E-state index is 0.200. The molecule has 0 saturated heterocycles. The van der Waals surface area contributed by atoms with Crippen LogP contribution in [0, 0.1) is 0 Å². The Hall–Kier alpha value is -3.54. The Morgan fingerprint density at radius 2 is 1.72 bits per heavy atom. The molecule has 2 N–H and O–H groups in total. The first-order valence-electron chi connectivity index (χ1n) is 9.36. The van der Waals surface area contributed by atoms with Crippen LogP contribution in [-0.4, -0.2) is 25.1 Å². The Labute approximate surface area is 170 Å². The van der Waals surface area contributed by atoms with Gasteiger partial charge in [0.25, 0.3) is 5.91 Å². The van der Waals surface area contributed by atoms with Crippen LogP contribution < -0.4 is 20.1 Å². The van der Waals surface area contributed by atoms with E-state index in [0.717, 1.165) is 11.4 Å². The van der Waals surface area contributed by atoms with Crippen molar-refractivity contribution in [3.63, 3.8) is 0 Å². The van der Waals surface area contributed by atoms with E-state index in [0.29, 0.717) is 28.8 Å². The van der Waals surface area contributed by atoms with Crippen LogP contribution in [0.25, 0.3) is 0 Å². The smallest absolute Gasteiger partial charge is 0.255 e. The molecule has 6 nitrogen and oxygen atoms in total. The van der Waals surface area contributed by atoms with Crippen LogP contribution in [0.15, 0.2) is 60.8 Å². The maximum absolute atomic E-state index is 12.6. The maximum Gasteiger partial charge on any atom is 0.255 e. The standard InChI is InChI=1S/C23H25N3O3/c1-15(2)16-5-7-18(8-6-16)25-23(27)17-11-12-24-22(13-17)26-20-10-9-19(28-3)14-21(20)29-4/h5-15H,1-4H3,(H,24,26)(H,25,27). The van der Waals surface area contributed by atoms with E-state index in [1.165, 1.54) is 5.56 Å². The average Bonchev–Trinajstić information content (AvgIpc) is 2.74. The average molecular weight is 391 g/mol. The van der Waals surface area contributed by atoms with Gasteiger partial charge in [0.2, 0.25) is 0 Å². The van der Waals surface area contributed by atoms with Crippen molar-refractivity contribution in [2.45, 2.75) is 19.8 Å². The Morgan fingerprint density at radius 3 is 2.38 bits per heavy atom. The number of hydrogen-bond donors (Lipinski definition) is 2. The second-order valence-electron chi connectivity index (χ2n) is 6.85. The van der Waals surface area contributed by atoms with Crippen molar-refractivity contribution in [2.24, 2.45) is 0 Å². The summed E-state index contributed by atoms with van der Waals surface area (Å²) in [4.78, 5) is 16.9. The molecule has 0 radical (unpaired) electrons. The van der Waals surface area contributed by atoms with E-state index in [1.54, 1.807) is 38.6 Å². The predicted octanol–water partition coefficient (Wildman–Crippen LogP) is 5.22. The van der Waals surface area contributed by atoms with Crippen molar-refractivity contribution >= 4 is 23.1 Å². The summed E-state index contributed by atoms with van der Waals surface area (Å²) < 4.78 is 10.6. The number of pyridine rings is 1. The van der Waals surface area contributed by atoms with E-state index in [2.05, 4.69) is 29.5 Å². The van der Waals surface area contributed by atoms with Crippen LogP contribution in [0.2, 0.25) is 0 Å². The second kappa shape index (κ2) is 9.10. The molecular weight excluding hydrogens is 366 g/mol. The summed E-state index contributed by atoms with van der Waals surface area (Å²) in [7, 11) is 3.18. The first-order chi connectivity index (χ1) is 14.0. The van der Waals surface area contributed by atoms with Gasteiger partial charge in [0.15, 0.2) is 0 Å². The largest absolute Gasteiger partial charge is 0.497 e. The molecule has 1 heterocycles. The molecule has 0 bridgehead atoms. The van der Waals surface area contributed by atoms with Gasteiger partial charge in [-0.05, 0) is 47.9 Å². The molecule has 0 unspecified atom stereocenters. The van der Waals surface area contributed by atoms with Crippen LogP contribution in [0.5, 0.6) is 11.5 Å². The molecule has 0 atom stereocenters. The number of nitrogens with one attached hydrogen (secondary N) is 2. The van der Waals surface area contributed by atoms with Crippen molar-refractivity contribution < 1.29 is 14.3 Å². The van der Waals surface area contributed by atoms with Gasteiger partial charge in [0.05, 0.1) is 19.9 Å². The monoisotopic (exact) mass is 391 g/mol. The lowest BCUT2D eigenvalue weighted by Gasteiger charge is -2.13. The zero-order valence-corrected chi connectivity index (χ0v) is 17.0. The Morgan fingerprint density at radius 1 is 0.966 bits per heavy atom. The van der Waals surface area contributed by atoms with Crippen molar-refractivity contribution in [1.29, 1.82) is 0 Å². The summed E-state index contributed by atoms with van der Waals surface area (Å²) in [6.45, 7) is 4.27. The summed E-state index contributed by atoms with van der Waals surface area (Å²) in [5, 5.41) is 6.10. The molecule has 3 aromatic rings. The lowest BCUT2D eigenvalue weighted by atomic mass is 10.0. The molecule has 0 fully saturated rings. The van der Waals surface area contributed by atoms with E-state index < -0.39 is 0 Å². The normalized spacial score (nSPS) is 10.5. The summed E-state index contributed by atoms with van der Waals surface area (Å²) in [5.41, 5.74) is 3.21. The molecule has 1 aromatic heterocycles. The van der Waals surface area contributed by atoms with E-state index >= 15 is 0 Å². The molecule has 29 heavy (non-hydrogen) atoms. The number of benzene rings is 2. The lowest BCUT2D eigenvalue weighted by Crippen LogP contribution is -2.12. The van der Waals surface area contributed by atoms with Gasteiger partial charge in [-0.3, -0.25) is 4.79 Å². The van der Waals surface area contributed by atoms with Gasteiger partial charge in [0, 0.05) is 23.5 Å². The van der Waals surface area contributed by atoms with Gasteiger partial charge in [-0.25, -0.2) is 4.98 Å². The van der Waals surface area contributed by atoms with Gasteiger partial charge < -0.3 is 20.1 Å². The summed E-state index contributed by atoms with van der Waals surface area (Å²) >= 11 is 0. The van der Waals surface area contributed by atoms with Crippen LogP contribution in [0.3, 0.4) is 0 Å². The van der Waals surface area contributed by atoms with Gasteiger partial charge >= 0.3 is 0 Å². The van der Waals surface area contributed by atoms with Crippen LogP contribution >= 0.6 is 0 Å². The first kappa shape index (κ1) is 20.2. The van der Waals surface area contributed by atoms with Crippen molar-refractivity contribution in [1.82, 2.24) is 4.98 Å². The van der Waals surface area contributed by atoms with E-state index in [9.17, 15) is 4.79 Å². The number of rotatable bonds is 7. The number of aromatic nitrogens is 1. The van der Waals surface area contributed by atoms with Crippen LogP contribution in [-0.2, 0) is 0 Å². The number of amides is 1. The molecule has 150 valence electrons. The van der Waals surface area contributed by atoms with Crippen molar-refractivity contribution in [3.05, 3.63) is 71.9 Å². The Bertz CT molecular complexity index is 985. The molecular formula is C23H25N3O3. The summed E-state index contributed by atoms with van der Waals surface area (Å²) in [6, 6.07) is 16.7. The minimum atomic E-state index is -0.200. The quantitative estimate of drug-likeness (QED) is 0.578. The van der Waals surface area contributed by atoms with Gasteiger partial charge in [0.1, 0.15) is 17.3 Å². The third-order valence-corrected chi connectivity index (χ3v) is 4.53. The zero-order valence-electron chi connectivity index (χ0n) is 17.0. The van der Waals surface area contributed by atoms with E-state index in [4.69, 9.17) is 9.47 Å². The molecule has 0 aliphatic heterocycles. The fourth-order valence-electron chi connectivity index (χ4n) is 2.83. The topological polar surface area (TPSA) is 72.5 Å². The molecule has 3 rings (SSSR count). The number of carbonyl (C=O) groups is 1. The number of methoxy groups -OCH3 is 2. The number of anilines is 3. The molecule has 1 amide bonds. The van der Waals surface area contributed by atoms with Gasteiger partial charge in [-0.2, -0.15) is 0 Å². The highest BCUT2D eigenvalue weighted by molar-refractivity contribution is 6.04. The fourth-order valence-corrected chi connectivity index (χ4v) is 2.83. The molecule has 0 spiro atoms. The highest BCUT2D eigenvalue weighted by Crippen LogP contribution is 2.31. The number of nitrogens with zero attached hydrogens (tertiary/aromatic N) is 1. The van der Waals surface area contributed by atoms with E-state index in [1.807, 2.05) is 36.4 Å². The van der Waals surface area contributed by atoms with Crippen LogP contribution in [0.1, 0.15) is 35.7 Å². The van der Waals surface area contributed by atoms with Crippen molar-refractivity contribution in [3.8, 4) is 11.5 Å². The minimum Gasteiger partial charge on any atom is -0.497 e. The summed E-state index contributed by atoms with van der Waals surface area (Å²) in [6.07, 6.45) is 1.59.